The van der Waals surface area contributed by atoms with Crippen LogP contribution in [0.4, 0.5) is 0 Å². The van der Waals surface area contributed by atoms with Crippen LogP contribution in [-0.2, 0) is 0 Å². The molecule has 24 heavy (non-hydrogen) atoms. The molecule has 0 aromatic heterocycles. The first-order valence-corrected chi connectivity index (χ1v) is 8.76. The molecule has 2 aliphatic rings. The fraction of sp³-hybridized carbons (Fsp3) is 0.400. The van der Waals surface area contributed by atoms with Crippen LogP contribution in [0.15, 0.2) is 54.6 Å². The van der Waals surface area contributed by atoms with Crippen molar-refractivity contribution in [2.24, 2.45) is 0 Å². The van der Waals surface area contributed by atoms with Crippen LogP contribution in [-0.4, -0.2) is 42.2 Å². The van der Waals surface area contributed by atoms with Crippen molar-refractivity contribution >= 4 is 0 Å². The molecule has 4 nitrogen and oxygen atoms in total. The van der Waals surface area contributed by atoms with Crippen molar-refractivity contribution in [3.8, 4) is 5.75 Å². The molecule has 4 heteroatoms. The number of aliphatic hydroxyl groups excluding tert-OH is 1. The second kappa shape index (κ2) is 6.93. The molecule has 0 radical (unpaired) electrons. The molecule has 1 saturated heterocycles. The van der Waals surface area contributed by atoms with Crippen molar-refractivity contribution in [2.45, 2.75) is 24.7 Å². The van der Waals surface area contributed by atoms with E-state index in [1.807, 2.05) is 42.5 Å². The number of benzene rings is 2. The number of nitrogens with one attached hydrogen (secondary N) is 1. The van der Waals surface area contributed by atoms with Crippen LogP contribution in [0.2, 0.25) is 0 Å². The van der Waals surface area contributed by atoms with Gasteiger partial charge in [-0.1, -0.05) is 48.5 Å². The fourth-order valence-electron chi connectivity index (χ4n) is 3.82. The number of ether oxygens (including phenoxy) is 1. The molecular formula is C20H24N2O2. The molecule has 0 spiro atoms. The third-order valence-corrected chi connectivity index (χ3v) is 5.12. The van der Waals surface area contributed by atoms with Gasteiger partial charge in [-0.25, -0.2) is 0 Å². The third kappa shape index (κ3) is 3.05. The van der Waals surface area contributed by atoms with Gasteiger partial charge in [0.15, 0.2) is 0 Å². The van der Waals surface area contributed by atoms with Gasteiger partial charge < -0.3 is 15.2 Å². The zero-order chi connectivity index (χ0) is 16.4. The Morgan fingerprint density at radius 3 is 2.46 bits per heavy atom. The Balaban J connectivity index is 1.70. The molecule has 3 atom stereocenters. The van der Waals surface area contributed by atoms with Crippen LogP contribution in [0.3, 0.4) is 0 Å². The van der Waals surface area contributed by atoms with Crippen molar-refractivity contribution in [1.29, 1.82) is 0 Å². The Morgan fingerprint density at radius 2 is 1.67 bits per heavy atom. The number of para-hydroxylation sites is 1. The van der Waals surface area contributed by atoms with Gasteiger partial charge >= 0.3 is 0 Å². The van der Waals surface area contributed by atoms with E-state index in [1.165, 1.54) is 5.56 Å². The van der Waals surface area contributed by atoms with E-state index in [4.69, 9.17) is 4.74 Å². The summed E-state index contributed by atoms with van der Waals surface area (Å²) in [5, 5.41) is 14.5. The van der Waals surface area contributed by atoms with Crippen LogP contribution < -0.4 is 10.1 Å². The summed E-state index contributed by atoms with van der Waals surface area (Å²) in [6.45, 7) is 3.88. The van der Waals surface area contributed by atoms with Gasteiger partial charge in [0.2, 0.25) is 0 Å². The Bertz CT molecular complexity index is 670. The highest BCUT2D eigenvalue weighted by Crippen LogP contribution is 2.40. The van der Waals surface area contributed by atoms with Crippen molar-refractivity contribution in [1.82, 2.24) is 10.2 Å². The normalized spacial score (nSPS) is 27.8. The smallest absolute Gasteiger partial charge is 0.126 e. The summed E-state index contributed by atoms with van der Waals surface area (Å²) in [6.07, 6.45) is 0.234. The topological polar surface area (TPSA) is 44.7 Å². The van der Waals surface area contributed by atoms with Gasteiger partial charge in [0.1, 0.15) is 11.9 Å². The molecule has 2 aliphatic heterocycles. The maximum atomic E-state index is 11.1. The molecule has 2 aromatic carbocycles. The van der Waals surface area contributed by atoms with E-state index < -0.39 is 6.10 Å². The Kier molecular flexibility index (Phi) is 4.52. The Labute approximate surface area is 143 Å². The third-order valence-electron chi connectivity index (χ3n) is 5.12. The highest BCUT2D eigenvalue weighted by Gasteiger charge is 2.36. The van der Waals surface area contributed by atoms with E-state index in [1.54, 1.807) is 0 Å². The maximum Gasteiger partial charge on any atom is 0.126 e. The lowest BCUT2D eigenvalue weighted by Gasteiger charge is -2.37. The molecule has 2 heterocycles. The second-order valence-corrected chi connectivity index (χ2v) is 6.59. The molecule has 3 unspecified atom stereocenters. The molecule has 0 aliphatic carbocycles. The van der Waals surface area contributed by atoms with Gasteiger partial charge in [0.05, 0.1) is 6.10 Å². The van der Waals surface area contributed by atoms with Crippen molar-refractivity contribution < 1.29 is 9.84 Å². The van der Waals surface area contributed by atoms with Crippen LogP contribution in [0.5, 0.6) is 5.75 Å². The lowest BCUT2D eigenvalue weighted by atomic mass is 9.94. The quantitative estimate of drug-likeness (QED) is 0.891. The van der Waals surface area contributed by atoms with Crippen LogP contribution in [0.25, 0.3) is 0 Å². The average Bonchev–Trinajstić information content (AvgIpc) is 2.80. The number of aliphatic hydroxyl groups is 1. The molecule has 0 amide bonds. The summed E-state index contributed by atoms with van der Waals surface area (Å²) in [4.78, 5) is 2.41. The first kappa shape index (κ1) is 15.6. The minimum atomic E-state index is -0.520. The number of hydrogen-bond acceptors (Lipinski definition) is 4. The van der Waals surface area contributed by atoms with E-state index in [9.17, 15) is 5.11 Å². The van der Waals surface area contributed by atoms with Crippen LogP contribution in [0.1, 0.15) is 29.8 Å². The van der Waals surface area contributed by atoms with Crippen LogP contribution >= 0.6 is 0 Å². The predicted molar refractivity (Wildman–Crippen MR) is 94.1 cm³/mol. The van der Waals surface area contributed by atoms with Crippen molar-refractivity contribution in [3.05, 3.63) is 65.7 Å². The molecule has 1 fully saturated rings. The van der Waals surface area contributed by atoms with Gasteiger partial charge in [0, 0.05) is 44.2 Å². The van der Waals surface area contributed by atoms with Gasteiger partial charge in [-0.2, -0.15) is 0 Å². The summed E-state index contributed by atoms with van der Waals surface area (Å²) < 4.78 is 6.33. The van der Waals surface area contributed by atoms with Crippen LogP contribution in [0, 0.1) is 0 Å². The zero-order valence-corrected chi connectivity index (χ0v) is 13.8. The predicted octanol–water partition coefficient (Wildman–Crippen LogP) is 2.52. The largest absolute Gasteiger partial charge is 0.485 e. The lowest BCUT2D eigenvalue weighted by molar-refractivity contribution is 0.0268. The summed E-state index contributed by atoms with van der Waals surface area (Å²) in [5.74, 6) is 0.802. The van der Waals surface area contributed by atoms with E-state index in [0.717, 1.165) is 43.9 Å². The van der Waals surface area contributed by atoms with Gasteiger partial charge in [0.25, 0.3) is 0 Å². The minimum Gasteiger partial charge on any atom is -0.485 e. The standard InChI is InChI=1S/C20H24N2O2/c23-20-16-8-4-5-9-18(16)24-19(15-6-2-1-3-7-15)14-17(20)22-12-10-21-11-13-22/h1-9,17,19-21,23H,10-14H2. The highest BCUT2D eigenvalue weighted by molar-refractivity contribution is 5.38. The molecular weight excluding hydrogens is 300 g/mol. The van der Waals surface area contributed by atoms with E-state index in [-0.39, 0.29) is 12.1 Å². The summed E-state index contributed by atoms with van der Waals surface area (Å²) in [5.41, 5.74) is 2.07. The zero-order valence-electron chi connectivity index (χ0n) is 13.8. The molecule has 0 bridgehead atoms. The highest BCUT2D eigenvalue weighted by atomic mass is 16.5. The number of nitrogens with zero attached hydrogens (tertiary/aromatic N) is 1. The lowest BCUT2D eigenvalue weighted by Crippen LogP contribution is -2.50. The van der Waals surface area contributed by atoms with E-state index in [2.05, 4.69) is 22.3 Å². The van der Waals surface area contributed by atoms with E-state index >= 15 is 0 Å². The summed E-state index contributed by atoms with van der Waals surface area (Å²) in [6, 6.07) is 18.3. The number of rotatable bonds is 2. The SMILES string of the molecule is OC1c2ccccc2OC(c2ccccc2)CC1N1CCNCC1. The molecule has 4 rings (SSSR count). The second-order valence-electron chi connectivity index (χ2n) is 6.59. The maximum absolute atomic E-state index is 11.1. The molecule has 2 aromatic rings. The van der Waals surface area contributed by atoms with E-state index in [0.29, 0.717) is 0 Å². The number of hydrogen-bond donors (Lipinski definition) is 2. The summed E-state index contributed by atoms with van der Waals surface area (Å²) in [7, 11) is 0. The van der Waals surface area contributed by atoms with Crippen molar-refractivity contribution in [3.63, 3.8) is 0 Å². The first-order chi connectivity index (χ1) is 11.8. The molecule has 0 saturated carbocycles. The van der Waals surface area contributed by atoms with Gasteiger partial charge in [-0.05, 0) is 11.6 Å². The summed E-state index contributed by atoms with van der Waals surface area (Å²) >= 11 is 0. The molecule has 126 valence electrons. The van der Waals surface area contributed by atoms with Crippen molar-refractivity contribution in [2.75, 3.05) is 26.2 Å². The number of piperazine rings is 1. The minimum absolute atomic E-state index is 0.0376. The van der Waals surface area contributed by atoms with Gasteiger partial charge in [-0.3, -0.25) is 4.90 Å². The Hall–Kier alpha value is -1.88. The number of fused-ring (bicyclic) bond motifs is 1. The monoisotopic (exact) mass is 324 g/mol. The Morgan fingerprint density at radius 1 is 0.958 bits per heavy atom. The van der Waals surface area contributed by atoms with Gasteiger partial charge in [-0.15, -0.1) is 0 Å². The molecule has 2 N–H and O–H groups in total. The first-order valence-electron chi connectivity index (χ1n) is 8.76. The fourth-order valence-corrected chi connectivity index (χ4v) is 3.82. The average molecular weight is 324 g/mol.